The van der Waals surface area contributed by atoms with Gasteiger partial charge >= 0.3 is 0 Å². The highest BCUT2D eigenvalue weighted by Crippen LogP contribution is 2.41. The lowest BCUT2D eigenvalue weighted by molar-refractivity contribution is 0.298. The van der Waals surface area contributed by atoms with E-state index in [1.165, 1.54) is 64.2 Å². The first-order chi connectivity index (χ1) is 7.92. The standard InChI is InChI=1S/C14H27BO/c1-2-16-15(13-9-5-3-6-10-13)14-11-7-4-8-12-14/h13-14H,2-12H2,1H3. The average Bonchev–Trinajstić information content (AvgIpc) is 2.38. The molecule has 0 N–H and O–H groups in total. The second-order valence-electron chi connectivity index (χ2n) is 5.72. The molecule has 16 heavy (non-hydrogen) atoms. The summed E-state index contributed by atoms with van der Waals surface area (Å²) in [6, 6.07) is 0. The molecule has 2 aliphatic rings. The van der Waals surface area contributed by atoms with Crippen LogP contribution in [0.4, 0.5) is 0 Å². The van der Waals surface area contributed by atoms with Crippen LogP contribution in [0.25, 0.3) is 0 Å². The average molecular weight is 222 g/mol. The molecule has 0 spiro atoms. The molecule has 2 heteroatoms. The summed E-state index contributed by atoms with van der Waals surface area (Å²) in [4.78, 5) is 0. The van der Waals surface area contributed by atoms with Crippen LogP contribution in [0.1, 0.15) is 71.1 Å². The summed E-state index contributed by atoms with van der Waals surface area (Å²) < 4.78 is 6.12. The number of hydrogen-bond acceptors (Lipinski definition) is 1. The molecule has 1 nitrogen and oxygen atoms in total. The van der Waals surface area contributed by atoms with Crippen LogP contribution in [0.15, 0.2) is 0 Å². The van der Waals surface area contributed by atoms with Gasteiger partial charge in [-0.05, 0) is 18.6 Å². The van der Waals surface area contributed by atoms with Gasteiger partial charge in [-0.3, -0.25) is 0 Å². The second kappa shape index (κ2) is 6.69. The molecule has 0 aliphatic heterocycles. The molecule has 0 saturated heterocycles. The Morgan fingerprint density at radius 3 is 1.62 bits per heavy atom. The van der Waals surface area contributed by atoms with E-state index in [-0.39, 0.29) is 0 Å². The molecule has 0 radical (unpaired) electrons. The third kappa shape index (κ3) is 3.26. The molecule has 92 valence electrons. The Bertz CT molecular complexity index is 165. The second-order valence-corrected chi connectivity index (χ2v) is 5.72. The molecule has 0 aromatic carbocycles. The Hall–Kier alpha value is 0.0249. The van der Waals surface area contributed by atoms with Gasteiger partial charge in [-0.15, -0.1) is 0 Å². The molecule has 2 aliphatic carbocycles. The van der Waals surface area contributed by atoms with Gasteiger partial charge in [0.15, 0.2) is 0 Å². The SMILES string of the molecule is CCOB(C1CCCCC1)C1CCCCC1. The molecular weight excluding hydrogens is 195 g/mol. The van der Waals surface area contributed by atoms with Crippen molar-refractivity contribution in [2.45, 2.75) is 82.8 Å². The molecule has 0 aromatic rings. The van der Waals surface area contributed by atoms with Crippen LogP contribution in [0, 0.1) is 0 Å². The van der Waals surface area contributed by atoms with Gasteiger partial charge < -0.3 is 4.65 Å². The molecule has 0 bridgehead atoms. The van der Waals surface area contributed by atoms with E-state index in [0.717, 1.165) is 18.2 Å². The van der Waals surface area contributed by atoms with Crippen LogP contribution in [0.3, 0.4) is 0 Å². The van der Waals surface area contributed by atoms with Gasteiger partial charge in [0.1, 0.15) is 0 Å². The van der Waals surface area contributed by atoms with Crippen LogP contribution in [-0.4, -0.2) is 13.5 Å². The molecule has 0 amide bonds. The Kier molecular flexibility index (Phi) is 5.22. The first-order valence-corrected chi connectivity index (χ1v) is 7.53. The third-order valence-electron chi connectivity index (χ3n) is 4.59. The zero-order chi connectivity index (χ0) is 11.2. The van der Waals surface area contributed by atoms with E-state index in [4.69, 9.17) is 4.65 Å². The third-order valence-corrected chi connectivity index (χ3v) is 4.59. The quantitative estimate of drug-likeness (QED) is 0.627. The molecule has 2 rings (SSSR count). The van der Waals surface area contributed by atoms with Crippen molar-refractivity contribution in [2.75, 3.05) is 6.61 Å². The fourth-order valence-electron chi connectivity index (χ4n) is 3.77. The maximum atomic E-state index is 6.12. The number of hydrogen-bond donors (Lipinski definition) is 0. The first-order valence-electron chi connectivity index (χ1n) is 7.53. The summed E-state index contributed by atoms with van der Waals surface area (Å²) in [7, 11) is 0. The molecule has 0 heterocycles. The lowest BCUT2D eigenvalue weighted by Crippen LogP contribution is -2.33. The van der Waals surface area contributed by atoms with Gasteiger partial charge in [-0.2, -0.15) is 0 Å². The van der Waals surface area contributed by atoms with Crippen molar-refractivity contribution in [3.05, 3.63) is 0 Å². The predicted octanol–water partition coefficient (Wildman–Crippen LogP) is 4.68. The number of rotatable bonds is 4. The van der Waals surface area contributed by atoms with Crippen molar-refractivity contribution in [1.29, 1.82) is 0 Å². The maximum absolute atomic E-state index is 6.12. The van der Waals surface area contributed by atoms with E-state index in [1.807, 2.05) is 0 Å². The topological polar surface area (TPSA) is 9.23 Å². The van der Waals surface area contributed by atoms with Crippen molar-refractivity contribution in [3.8, 4) is 0 Å². The highest BCUT2D eigenvalue weighted by Gasteiger charge is 2.36. The van der Waals surface area contributed by atoms with E-state index in [1.54, 1.807) is 0 Å². The first kappa shape index (κ1) is 12.5. The zero-order valence-corrected chi connectivity index (χ0v) is 10.9. The normalized spacial score (nSPS) is 24.6. The van der Waals surface area contributed by atoms with Crippen LogP contribution in [0.5, 0.6) is 0 Å². The summed E-state index contributed by atoms with van der Waals surface area (Å²) in [5.41, 5.74) is 0. The molecule has 0 atom stereocenters. The van der Waals surface area contributed by atoms with Crippen LogP contribution in [-0.2, 0) is 4.65 Å². The highest BCUT2D eigenvalue weighted by atomic mass is 16.4. The summed E-state index contributed by atoms with van der Waals surface area (Å²) in [5, 5.41) is 0. The van der Waals surface area contributed by atoms with Gasteiger partial charge in [0.05, 0.1) is 0 Å². The highest BCUT2D eigenvalue weighted by molar-refractivity contribution is 6.55. The van der Waals surface area contributed by atoms with E-state index >= 15 is 0 Å². The summed E-state index contributed by atoms with van der Waals surface area (Å²) in [6.45, 7) is 3.68. The molecule has 2 fully saturated rings. The maximum Gasteiger partial charge on any atom is 0.299 e. The lowest BCUT2D eigenvalue weighted by atomic mass is 9.42. The minimum Gasteiger partial charge on any atom is -0.436 e. The fraction of sp³-hybridized carbons (Fsp3) is 1.00. The fourth-order valence-corrected chi connectivity index (χ4v) is 3.77. The van der Waals surface area contributed by atoms with Crippen molar-refractivity contribution < 1.29 is 4.65 Å². The van der Waals surface area contributed by atoms with E-state index in [0.29, 0.717) is 6.92 Å². The smallest absolute Gasteiger partial charge is 0.299 e. The lowest BCUT2D eigenvalue weighted by Gasteiger charge is -2.34. The van der Waals surface area contributed by atoms with E-state index < -0.39 is 0 Å². The van der Waals surface area contributed by atoms with Crippen molar-refractivity contribution >= 4 is 6.92 Å². The Balaban J connectivity index is 1.91. The van der Waals surface area contributed by atoms with Crippen molar-refractivity contribution in [3.63, 3.8) is 0 Å². The largest absolute Gasteiger partial charge is 0.436 e. The van der Waals surface area contributed by atoms with Gasteiger partial charge in [0.25, 0.3) is 6.92 Å². The van der Waals surface area contributed by atoms with Crippen molar-refractivity contribution in [2.24, 2.45) is 0 Å². The van der Waals surface area contributed by atoms with E-state index in [2.05, 4.69) is 6.92 Å². The van der Waals surface area contributed by atoms with Gasteiger partial charge in [0, 0.05) is 6.61 Å². The Morgan fingerprint density at radius 2 is 1.25 bits per heavy atom. The van der Waals surface area contributed by atoms with Crippen LogP contribution < -0.4 is 0 Å². The molecule has 2 saturated carbocycles. The zero-order valence-electron chi connectivity index (χ0n) is 10.9. The van der Waals surface area contributed by atoms with Crippen LogP contribution in [0.2, 0.25) is 11.6 Å². The Labute approximate surface area is 101 Å². The summed E-state index contributed by atoms with van der Waals surface area (Å²) >= 11 is 0. The minimum absolute atomic E-state index is 0.602. The van der Waals surface area contributed by atoms with Crippen LogP contribution >= 0.6 is 0 Å². The van der Waals surface area contributed by atoms with Crippen molar-refractivity contribution in [1.82, 2.24) is 0 Å². The minimum atomic E-state index is 0.602. The molecule has 0 aromatic heterocycles. The van der Waals surface area contributed by atoms with Gasteiger partial charge in [0.2, 0.25) is 0 Å². The Morgan fingerprint density at radius 1 is 0.812 bits per heavy atom. The molecular formula is C14H27BO. The predicted molar refractivity (Wildman–Crippen MR) is 71.1 cm³/mol. The van der Waals surface area contributed by atoms with Gasteiger partial charge in [-0.1, -0.05) is 64.2 Å². The summed E-state index contributed by atoms with van der Waals surface area (Å²) in [6.07, 6.45) is 14.4. The van der Waals surface area contributed by atoms with E-state index in [9.17, 15) is 0 Å². The molecule has 0 unspecified atom stereocenters. The van der Waals surface area contributed by atoms with Gasteiger partial charge in [-0.25, -0.2) is 0 Å². The monoisotopic (exact) mass is 222 g/mol. The summed E-state index contributed by atoms with van der Waals surface area (Å²) in [5.74, 6) is 1.77.